The zero-order valence-corrected chi connectivity index (χ0v) is 12.1. The van der Waals surface area contributed by atoms with E-state index < -0.39 is 0 Å². The molecule has 0 aliphatic heterocycles. The van der Waals surface area contributed by atoms with E-state index in [4.69, 9.17) is 4.74 Å². The molecule has 6 nitrogen and oxygen atoms in total. The summed E-state index contributed by atoms with van der Waals surface area (Å²) in [5, 5.41) is 4.25. The molecule has 0 radical (unpaired) electrons. The molecule has 0 aromatic carbocycles. The molecule has 110 valence electrons. The summed E-state index contributed by atoms with van der Waals surface area (Å²) >= 11 is 0. The van der Waals surface area contributed by atoms with Gasteiger partial charge in [-0.25, -0.2) is 19.4 Å². The molecule has 2 aromatic heterocycles. The number of aromatic nitrogens is 4. The number of nitrogens with zero attached hydrogens (tertiary/aromatic N) is 4. The summed E-state index contributed by atoms with van der Waals surface area (Å²) in [6.07, 6.45) is 10.2. The molecular formula is C15H18N4O2. The standard InChI is InChI=1S/C15H18N4O2/c1-2-21-15(20)11-8-18-19(9-11)14-12-6-4-3-5-7-13(12)16-10-17-14/h8-10H,2-7H2,1H3. The zero-order chi connectivity index (χ0) is 14.7. The average Bonchev–Trinajstić information content (AvgIpc) is 2.85. The van der Waals surface area contributed by atoms with Crippen LogP contribution in [0, 0.1) is 0 Å². The molecule has 0 N–H and O–H groups in total. The molecule has 2 aromatic rings. The lowest BCUT2D eigenvalue weighted by atomic mass is 10.1. The van der Waals surface area contributed by atoms with Crippen molar-refractivity contribution in [1.82, 2.24) is 19.7 Å². The molecule has 21 heavy (non-hydrogen) atoms. The number of hydrogen-bond donors (Lipinski definition) is 0. The fraction of sp³-hybridized carbons (Fsp3) is 0.467. The Morgan fingerprint density at radius 3 is 3.00 bits per heavy atom. The van der Waals surface area contributed by atoms with Crippen molar-refractivity contribution in [2.75, 3.05) is 6.61 Å². The summed E-state index contributed by atoms with van der Waals surface area (Å²) in [5.74, 6) is 0.418. The van der Waals surface area contributed by atoms with E-state index >= 15 is 0 Å². The number of carbonyl (C=O) groups is 1. The first-order valence-corrected chi connectivity index (χ1v) is 7.34. The van der Waals surface area contributed by atoms with Crippen molar-refractivity contribution in [1.29, 1.82) is 0 Å². The molecule has 0 fully saturated rings. The van der Waals surface area contributed by atoms with Crippen molar-refractivity contribution in [3.05, 3.63) is 35.5 Å². The molecule has 0 saturated heterocycles. The third-order valence-electron chi connectivity index (χ3n) is 3.66. The first-order chi connectivity index (χ1) is 10.3. The van der Waals surface area contributed by atoms with Gasteiger partial charge in [0.1, 0.15) is 6.33 Å². The zero-order valence-electron chi connectivity index (χ0n) is 12.1. The summed E-state index contributed by atoms with van der Waals surface area (Å²) in [6.45, 7) is 2.14. The molecule has 1 aliphatic carbocycles. The quantitative estimate of drug-likeness (QED) is 0.638. The maximum absolute atomic E-state index is 11.7. The molecule has 0 spiro atoms. The normalized spacial score (nSPS) is 14.3. The fourth-order valence-electron chi connectivity index (χ4n) is 2.64. The van der Waals surface area contributed by atoms with Crippen LogP contribution in [0.25, 0.3) is 5.82 Å². The Bertz CT molecular complexity index is 651. The summed E-state index contributed by atoms with van der Waals surface area (Å²) < 4.78 is 6.64. The van der Waals surface area contributed by atoms with Gasteiger partial charge in [0.05, 0.1) is 18.4 Å². The minimum atomic E-state index is -0.358. The van der Waals surface area contributed by atoms with Crippen LogP contribution in [-0.4, -0.2) is 32.3 Å². The van der Waals surface area contributed by atoms with Crippen LogP contribution in [0.3, 0.4) is 0 Å². The van der Waals surface area contributed by atoms with E-state index in [1.807, 2.05) is 0 Å². The summed E-state index contributed by atoms with van der Waals surface area (Å²) in [6, 6.07) is 0. The van der Waals surface area contributed by atoms with Gasteiger partial charge in [0.2, 0.25) is 0 Å². The minimum absolute atomic E-state index is 0.354. The van der Waals surface area contributed by atoms with Crippen LogP contribution in [0.5, 0.6) is 0 Å². The third kappa shape index (κ3) is 2.79. The van der Waals surface area contributed by atoms with Crippen molar-refractivity contribution >= 4 is 5.97 Å². The molecule has 0 atom stereocenters. The largest absolute Gasteiger partial charge is 0.462 e. The van der Waals surface area contributed by atoms with Crippen LogP contribution in [-0.2, 0) is 17.6 Å². The highest BCUT2D eigenvalue weighted by atomic mass is 16.5. The van der Waals surface area contributed by atoms with Crippen molar-refractivity contribution < 1.29 is 9.53 Å². The number of aryl methyl sites for hydroxylation is 1. The number of ether oxygens (including phenoxy) is 1. The van der Waals surface area contributed by atoms with E-state index in [0.717, 1.165) is 42.8 Å². The van der Waals surface area contributed by atoms with Gasteiger partial charge in [-0.3, -0.25) is 0 Å². The molecule has 0 unspecified atom stereocenters. The molecule has 0 bridgehead atoms. The molecule has 6 heteroatoms. The first kappa shape index (κ1) is 13.7. The van der Waals surface area contributed by atoms with E-state index in [1.165, 1.54) is 12.6 Å². The van der Waals surface area contributed by atoms with Crippen LogP contribution >= 0.6 is 0 Å². The van der Waals surface area contributed by atoms with Crippen LogP contribution < -0.4 is 0 Å². The first-order valence-electron chi connectivity index (χ1n) is 7.34. The number of rotatable bonds is 3. The molecule has 1 aliphatic rings. The van der Waals surface area contributed by atoms with Crippen LogP contribution in [0.15, 0.2) is 18.7 Å². The summed E-state index contributed by atoms with van der Waals surface area (Å²) in [5.41, 5.74) is 2.69. The number of hydrogen-bond acceptors (Lipinski definition) is 5. The topological polar surface area (TPSA) is 69.9 Å². The second kappa shape index (κ2) is 6.03. The Labute approximate surface area is 123 Å². The lowest BCUT2D eigenvalue weighted by Gasteiger charge is -2.09. The third-order valence-corrected chi connectivity index (χ3v) is 3.66. The molecule has 0 amide bonds. The van der Waals surface area contributed by atoms with Gasteiger partial charge in [0.25, 0.3) is 0 Å². The molecule has 2 heterocycles. The molecule has 3 rings (SSSR count). The average molecular weight is 286 g/mol. The van der Waals surface area contributed by atoms with Gasteiger partial charge < -0.3 is 4.74 Å². The smallest absolute Gasteiger partial charge is 0.341 e. The predicted octanol–water partition coefficient (Wildman–Crippen LogP) is 2.11. The van der Waals surface area contributed by atoms with Crippen LogP contribution in [0.2, 0.25) is 0 Å². The number of carbonyl (C=O) groups excluding carboxylic acids is 1. The van der Waals surface area contributed by atoms with Crippen molar-refractivity contribution in [2.45, 2.75) is 39.0 Å². The van der Waals surface area contributed by atoms with Crippen molar-refractivity contribution in [2.24, 2.45) is 0 Å². The Morgan fingerprint density at radius 1 is 1.29 bits per heavy atom. The molecular weight excluding hydrogens is 268 g/mol. The Balaban J connectivity index is 1.96. The fourth-order valence-corrected chi connectivity index (χ4v) is 2.64. The van der Waals surface area contributed by atoms with Gasteiger partial charge in [-0.1, -0.05) is 6.42 Å². The second-order valence-electron chi connectivity index (χ2n) is 5.08. The molecule has 0 saturated carbocycles. The van der Waals surface area contributed by atoms with E-state index in [9.17, 15) is 4.79 Å². The SMILES string of the molecule is CCOC(=O)c1cnn(-c2ncnc3c2CCCCC3)c1. The van der Waals surface area contributed by atoms with Gasteiger partial charge in [-0.2, -0.15) is 5.10 Å². The van der Waals surface area contributed by atoms with E-state index in [2.05, 4.69) is 15.1 Å². The highest BCUT2D eigenvalue weighted by Gasteiger charge is 2.17. The van der Waals surface area contributed by atoms with Crippen LogP contribution in [0.1, 0.15) is 47.8 Å². The maximum atomic E-state index is 11.7. The maximum Gasteiger partial charge on any atom is 0.341 e. The van der Waals surface area contributed by atoms with Gasteiger partial charge >= 0.3 is 5.97 Å². The van der Waals surface area contributed by atoms with Crippen molar-refractivity contribution in [3.8, 4) is 5.82 Å². The van der Waals surface area contributed by atoms with Gasteiger partial charge in [-0.15, -0.1) is 0 Å². The van der Waals surface area contributed by atoms with Gasteiger partial charge in [0, 0.05) is 17.5 Å². The minimum Gasteiger partial charge on any atom is -0.462 e. The Kier molecular flexibility index (Phi) is 3.94. The van der Waals surface area contributed by atoms with Gasteiger partial charge in [-0.05, 0) is 32.6 Å². The number of fused-ring (bicyclic) bond motifs is 1. The van der Waals surface area contributed by atoms with E-state index in [-0.39, 0.29) is 5.97 Å². The summed E-state index contributed by atoms with van der Waals surface area (Å²) in [4.78, 5) is 20.5. The lowest BCUT2D eigenvalue weighted by Crippen LogP contribution is -2.08. The Morgan fingerprint density at radius 2 is 2.14 bits per heavy atom. The lowest BCUT2D eigenvalue weighted by molar-refractivity contribution is 0.0526. The highest BCUT2D eigenvalue weighted by molar-refractivity contribution is 5.88. The number of esters is 1. The second-order valence-corrected chi connectivity index (χ2v) is 5.08. The van der Waals surface area contributed by atoms with E-state index in [0.29, 0.717) is 12.2 Å². The highest BCUT2D eigenvalue weighted by Crippen LogP contribution is 2.23. The monoisotopic (exact) mass is 286 g/mol. The van der Waals surface area contributed by atoms with Gasteiger partial charge in [0.15, 0.2) is 5.82 Å². The van der Waals surface area contributed by atoms with E-state index in [1.54, 1.807) is 24.1 Å². The van der Waals surface area contributed by atoms with Crippen molar-refractivity contribution in [3.63, 3.8) is 0 Å². The Hall–Kier alpha value is -2.24. The van der Waals surface area contributed by atoms with Crippen LogP contribution in [0.4, 0.5) is 0 Å². The summed E-state index contributed by atoms with van der Waals surface area (Å²) in [7, 11) is 0. The predicted molar refractivity (Wildman–Crippen MR) is 76.4 cm³/mol.